The fourth-order valence-electron chi connectivity index (χ4n) is 3.80. The number of amides is 1. The summed E-state index contributed by atoms with van der Waals surface area (Å²) in [6.45, 7) is 3.75. The van der Waals surface area contributed by atoms with Gasteiger partial charge in [-0.2, -0.15) is 0 Å². The van der Waals surface area contributed by atoms with Crippen molar-refractivity contribution in [2.24, 2.45) is 0 Å². The maximum absolute atomic E-state index is 12.7. The molecule has 2 aromatic heterocycles. The first-order valence-electron chi connectivity index (χ1n) is 9.64. The van der Waals surface area contributed by atoms with Gasteiger partial charge in [0.15, 0.2) is 5.65 Å². The molecule has 146 valence electrons. The van der Waals surface area contributed by atoms with Crippen molar-refractivity contribution in [2.45, 2.75) is 36.6 Å². The minimum Gasteiger partial charge on any atom is -0.325 e. The zero-order chi connectivity index (χ0) is 19.5. The first-order valence-corrected chi connectivity index (χ1v) is 10.9. The number of fused-ring (bicyclic) bond motifs is 1. The van der Waals surface area contributed by atoms with Gasteiger partial charge >= 0.3 is 0 Å². The fourth-order valence-corrected chi connectivity index (χ4v) is 4.26. The predicted molar refractivity (Wildman–Crippen MR) is 113 cm³/mol. The summed E-state index contributed by atoms with van der Waals surface area (Å²) in [5.41, 5.74) is 1.74. The van der Waals surface area contributed by atoms with E-state index in [4.69, 9.17) is 0 Å². The van der Waals surface area contributed by atoms with Crippen molar-refractivity contribution in [1.82, 2.24) is 19.5 Å². The van der Waals surface area contributed by atoms with Crippen molar-refractivity contribution < 1.29 is 4.79 Å². The Morgan fingerprint density at radius 2 is 2.00 bits per heavy atom. The van der Waals surface area contributed by atoms with Crippen molar-refractivity contribution in [1.29, 1.82) is 0 Å². The van der Waals surface area contributed by atoms with Crippen LogP contribution < -0.4 is 5.32 Å². The number of thioether (sulfide) groups is 1. The Morgan fingerprint density at radius 1 is 1.18 bits per heavy atom. The molecule has 28 heavy (non-hydrogen) atoms. The largest absolute Gasteiger partial charge is 0.325 e. The Labute approximate surface area is 169 Å². The lowest BCUT2D eigenvalue weighted by atomic mass is 9.95. The Hall–Kier alpha value is -2.38. The Morgan fingerprint density at radius 3 is 2.79 bits per heavy atom. The number of nitrogens with one attached hydrogen (secondary N) is 1. The molecule has 1 atom stereocenters. The number of carbonyl (C=O) groups excluding carboxylic acids is 1. The van der Waals surface area contributed by atoms with Crippen molar-refractivity contribution in [2.75, 3.05) is 24.7 Å². The van der Waals surface area contributed by atoms with Crippen molar-refractivity contribution in [3.8, 4) is 0 Å². The maximum atomic E-state index is 12.7. The molecule has 0 bridgehead atoms. The van der Waals surface area contributed by atoms with Crippen LogP contribution in [0.15, 0.2) is 53.6 Å². The van der Waals surface area contributed by atoms with E-state index < -0.39 is 0 Å². The molecule has 1 fully saturated rings. The second-order valence-corrected chi connectivity index (χ2v) is 8.07. The highest BCUT2D eigenvalue weighted by molar-refractivity contribution is 7.98. The van der Waals surface area contributed by atoms with E-state index in [1.165, 1.54) is 0 Å². The van der Waals surface area contributed by atoms with Crippen LogP contribution in [0, 0.1) is 0 Å². The third kappa shape index (κ3) is 3.91. The van der Waals surface area contributed by atoms with Gasteiger partial charge in [-0.05, 0) is 69.4 Å². The quantitative estimate of drug-likeness (QED) is 0.668. The molecular weight excluding hydrogens is 370 g/mol. The third-order valence-corrected chi connectivity index (χ3v) is 6.22. The van der Waals surface area contributed by atoms with Gasteiger partial charge in [0.2, 0.25) is 5.91 Å². The van der Waals surface area contributed by atoms with E-state index in [-0.39, 0.29) is 11.9 Å². The van der Waals surface area contributed by atoms with Crippen LogP contribution in [0.25, 0.3) is 5.65 Å². The van der Waals surface area contributed by atoms with Gasteiger partial charge in [0.25, 0.3) is 0 Å². The number of nitrogens with zero attached hydrogens (tertiary/aromatic N) is 4. The average molecular weight is 396 g/mol. The van der Waals surface area contributed by atoms with Gasteiger partial charge in [-0.3, -0.25) is 14.1 Å². The number of hydrogen-bond acceptors (Lipinski definition) is 5. The smallest absolute Gasteiger partial charge is 0.241 e. The molecule has 3 heterocycles. The molecule has 6 nitrogen and oxygen atoms in total. The monoisotopic (exact) mass is 395 g/mol. The number of hydrogen-bond donors (Lipinski definition) is 1. The highest BCUT2D eigenvalue weighted by Crippen LogP contribution is 2.28. The number of pyridine rings is 1. The number of carbonyl (C=O) groups is 1. The second-order valence-electron chi connectivity index (χ2n) is 7.19. The number of rotatable bonds is 5. The van der Waals surface area contributed by atoms with Crippen LogP contribution in [0.3, 0.4) is 0 Å². The lowest BCUT2D eigenvalue weighted by molar-refractivity contribution is -0.121. The van der Waals surface area contributed by atoms with Crippen LogP contribution in [-0.2, 0) is 4.79 Å². The van der Waals surface area contributed by atoms with Gasteiger partial charge in [-0.1, -0.05) is 12.1 Å². The van der Waals surface area contributed by atoms with E-state index in [0.29, 0.717) is 5.92 Å². The molecule has 1 aliphatic rings. The summed E-state index contributed by atoms with van der Waals surface area (Å²) < 4.78 is 2.08. The normalized spacial score (nSPS) is 16.9. The van der Waals surface area contributed by atoms with E-state index in [0.717, 1.165) is 48.0 Å². The van der Waals surface area contributed by atoms with Gasteiger partial charge in [0.1, 0.15) is 5.82 Å². The number of piperidine rings is 1. The van der Waals surface area contributed by atoms with E-state index in [1.54, 1.807) is 11.8 Å². The molecule has 3 aromatic rings. The van der Waals surface area contributed by atoms with Crippen LogP contribution in [-0.4, -0.2) is 50.8 Å². The zero-order valence-corrected chi connectivity index (χ0v) is 17.0. The Balaban J connectivity index is 1.37. The van der Waals surface area contributed by atoms with Gasteiger partial charge in [-0.15, -0.1) is 22.0 Å². The molecule has 0 radical (unpaired) electrons. The van der Waals surface area contributed by atoms with Crippen molar-refractivity contribution >= 4 is 29.0 Å². The van der Waals surface area contributed by atoms with E-state index in [1.807, 2.05) is 61.8 Å². The van der Waals surface area contributed by atoms with Gasteiger partial charge < -0.3 is 5.32 Å². The summed E-state index contributed by atoms with van der Waals surface area (Å²) in [7, 11) is 0. The molecule has 0 unspecified atom stereocenters. The lowest BCUT2D eigenvalue weighted by Gasteiger charge is -2.34. The molecular formula is C21H25N5OS. The van der Waals surface area contributed by atoms with Crippen LogP contribution >= 0.6 is 11.8 Å². The zero-order valence-electron chi connectivity index (χ0n) is 16.2. The standard InChI is InChI=1S/C21H25N5OS/c1-15(21(27)22-17-6-5-7-18(14-17)28-2)25-12-9-16(10-13-25)20-24-23-19-8-3-4-11-26(19)20/h3-8,11,14-16H,9-10,12-13H2,1-2H3,(H,22,27)/t15-/m1/s1. The maximum Gasteiger partial charge on any atom is 0.241 e. The van der Waals surface area contributed by atoms with Crippen molar-refractivity contribution in [3.05, 3.63) is 54.5 Å². The number of aromatic nitrogens is 3. The molecule has 1 saturated heterocycles. The minimum absolute atomic E-state index is 0.0460. The third-order valence-electron chi connectivity index (χ3n) is 5.50. The molecule has 1 amide bonds. The summed E-state index contributed by atoms with van der Waals surface area (Å²) in [5.74, 6) is 1.45. The molecule has 0 spiro atoms. The first kappa shape index (κ1) is 19.0. The van der Waals surface area contributed by atoms with E-state index in [9.17, 15) is 4.79 Å². The molecule has 0 saturated carbocycles. The van der Waals surface area contributed by atoms with Crippen LogP contribution in [0.2, 0.25) is 0 Å². The summed E-state index contributed by atoms with van der Waals surface area (Å²) in [4.78, 5) is 16.1. The summed E-state index contributed by atoms with van der Waals surface area (Å²) in [6.07, 6.45) is 6.02. The Kier molecular flexibility index (Phi) is 5.64. The van der Waals surface area contributed by atoms with Gasteiger partial charge in [-0.25, -0.2) is 0 Å². The van der Waals surface area contributed by atoms with Crippen LogP contribution in [0.5, 0.6) is 0 Å². The number of benzene rings is 1. The second kappa shape index (κ2) is 8.32. The molecule has 1 aliphatic heterocycles. The summed E-state index contributed by atoms with van der Waals surface area (Å²) in [6, 6.07) is 13.8. The number of anilines is 1. The lowest BCUT2D eigenvalue weighted by Crippen LogP contribution is -2.45. The molecule has 1 N–H and O–H groups in total. The molecule has 4 rings (SSSR count). The first-order chi connectivity index (χ1) is 13.7. The van der Waals surface area contributed by atoms with Gasteiger partial charge in [0, 0.05) is 22.7 Å². The average Bonchev–Trinajstić information content (AvgIpc) is 3.17. The SMILES string of the molecule is CSc1cccc(NC(=O)[C@@H](C)N2CCC(c3nnc4ccccn34)CC2)c1. The fraction of sp³-hybridized carbons (Fsp3) is 0.381. The molecule has 0 aliphatic carbocycles. The number of likely N-dealkylation sites (tertiary alicyclic amines) is 1. The summed E-state index contributed by atoms with van der Waals surface area (Å²) in [5, 5.41) is 11.7. The highest BCUT2D eigenvalue weighted by atomic mass is 32.2. The molecule has 1 aromatic carbocycles. The van der Waals surface area contributed by atoms with Crippen LogP contribution in [0.1, 0.15) is 31.5 Å². The van der Waals surface area contributed by atoms with E-state index in [2.05, 4.69) is 24.8 Å². The predicted octanol–water partition coefficient (Wildman–Crippen LogP) is 3.66. The van der Waals surface area contributed by atoms with Gasteiger partial charge in [0.05, 0.1) is 6.04 Å². The van der Waals surface area contributed by atoms with Crippen molar-refractivity contribution in [3.63, 3.8) is 0 Å². The van der Waals surface area contributed by atoms with Crippen LogP contribution in [0.4, 0.5) is 5.69 Å². The highest BCUT2D eigenvalue weighted by Gasteiger charge is 2.29. The minimum atomic E-state index is -0.158. The Bertz CT molecular complexity index is 964. The summed E-state index contributed by atoms with van der Waals surface area (Å²) >= 11 is 1.67. The molecule has 7 heteroatoms. The topological polar surface area (TPSA) is 62.5 Å². The van der Waals surface area contributed by atoms with E-state index >= 15 is 0 Å².